The Kier molecular flexibility index (Phi) is 5.87. The van der Waals surface area contributed by atoms with Crippen molar-refractivity contribution in [3.63, 3.8) is 0 Å². The fraction of sp³-hybridized carbons (Fsp3) is 0.818. The van der Waals surface area contributed by atoms with Crippen LogP contribution in [0.5, 0.6) is 0 Å². The molecule has 0 spiro atoms. The number of urea groups is 1. The highest BCUT2D eigenvalue weighted by Gasteiger charge is 2.28. The number of aliphatic carboxylic acids is 1. The Hall–Kier alpha value is -1.34. The van der Waals surface area contributed by atoms with Gasteiger partial charge in [-0.05, 0) is 13.8 Å². The number of hydrogen-bond donors (Lipinski definition) is 2. The topological polar surface area (TPSA) is 88.1 Å². The fourth-order valence-corrected chi connectivity index (χ4v) is 1.55. The average molecular weight is 260 g/mol. The highest BCUT2D eigenvalue weighted by molar-refractivity contribution is 5.77. The number of nitrogens with one attached hydrogen (secondary N) is 1. The molecule has 0 aromatic carbocycles. The number of carbonyl (C=O) groups is 2. The summed E-state index contributed by atoms with van der Waals surface area (Å²) in [6, 6.07) is -0.281. The third-order valence-corrected chi connectivity index (χ3v) is 2.46. The normalized spacial score (nSPS) is 19.9. The summed E-state index contributed by atoms with van der Waals surface area (Å²) in [5.41, 5.74) is 0. The summed E-state index contributed by atoms with van der Waals surface area (Å²) in [6.45, 7) is 5.41. The summed E-state index contributed by atoms with van der Waals surface area (Å²) in [5, 5.41) is 11.5. The van der Waals surface area contributed by atoms with E-state index in [1.54, 1.807) is 0 Å². The molecule has 2 amide bonds. The fourth-order valence-electron chi connectivity index (χ4n) is 1.55. The molecule has 1 saturated heterocycles. The van der Waals surface area contributed by atoms with E-state index in [-0.39, 0.29) is 25.3 Å². The van der Waals surface area contributed by atoms with Gasteiger partial charge in [-0.15, -0.1) is 0 Å². The van der Waals surface area contributed by atoms with Gasteiger partial charge in [0.25, 0.3) is 0 Å². The molecule has 0 aromatic heterocycles. The molecule has 1 heterocycles. The maximum atomic E-state index is 11.7. The molecule has 1 unspecified atom stereocenters. The third kappa shape index (κ3) is 4.89. The van der Waals surface area contributed by atoms with Crippen LogP contribution in [-0.2, 0) is 14.3 Å². The Bertz CT molecular complexity index is 295. The van der Waals surface area contributed by atoms with Crippen molar-refractivity contribution in [2.24, 2.45) is 0 Å². The second-order valence-corrected chi connectivity index (χ2v) is 4.30. The van der Waals surface area contributed by atoms with Crippen molar-refractivity contribution in [2.45, 2.75) is 26.1 Å². The molecule has 1 atom stereocenters. The Labute approximate surface area is 106 Å². The number of carbonyl (C=O) groups excluding carboxylic acids is 1. The lowest BCUT2D eigenvalue weighted by molar-refractivity contribution is -0.154. The lowest BCUT2D eigenvalue weighted by atomic mass is 10.3. The molecule has 7 heteroatoms. The SMILES string of the molecule is CC(C)OCCNC(=O)N1CCOC(C(=O)O)C1. The zero-order valence-corrected chi connectivity index (χ0v) is 10.7. The van der Waals surface area contributed by atoms with Crippen molar-refractivity contribution in [1.82, 2.24) is 10.2 Å². The highest BCUT2D eigenvalue weighted by atomic mass is 16.5. The maximum Gasteiger partial charge on any atom is 0.334 e. The smallest absolute Gasteiger partial charge is 0.334 e. The first-order chi connectivity index (χ1) is 8.50. The van der Waals surface area contributed by atoms with Crippen LogP contribution in [0.25, 0.3) is 0 Å². The highest BCUT2D eigenvalue weighted by Crippen LogP contribution is 2.05. The predicted molar refractivity (Wildman–Crippen MR) is 63.4 cm³/mol. The van der Waals surface area contributed by atoms with Crippen molar-refractivity contribution < 1.29 is 24.2 Å². The van der Waals surface area contributed by atoms with E-state index < -0.39 is 12.1 Å². The van der Waals surface area contributed by atoms with Crippen molar-refractivity contribution in [3.8, 4) is 0 Å². The van der Waals surface area contributed by atoms with Gasteiger partial charge in [0, 0.05) is 13.1 Å². The van der Waals surface area contributed by atoms with E-state index in [2.05, 4.69) is 5.32 Å². The minimum atomic E-state index is -1.05. The second-order valence-electron chi connectivity index (χ2n) is 4.30. The van der Waals surface area contributed by atoms with Crippen molar-refractivity contribution in [2.75, 3.05) is 32.8 Å². The largest absolute Gasteiger partial charge is 0.479 e. The zero-order chi connectivity index (χ0) is 13.5. The molecule has 0 aliphatic carbocycles. The Balaban J connectivity index is 2.26. The van der Waals surface area contributed by atoms with Crippen LogP contribution in [0.2, 0.25) is 0 Å². The van der Waals surface area contributed by atoms with Crippen LogP contribution in [0.4, 0.5) is 4.79 Å². The minimum absolute atomic E-state index is 0.0756. The molecule has 104 valence electrons. The predicted octanol–water partition coefficient (Wildman–Crippen LogP) is -0.0936. The van der Waals surface area contributed by atoms with Gasteiger partial charge in [0.1, 0.15) is 0 Å². The van der Waals surface area contributed by atoms with Crippen LogP contribution in [-0.4, -0.2) is 67.1 Å². The molecule has 0 aromatic rings. The summed E-state index contributed by atoms with van der Waals surface area (Å²) in [5.74, 6) is -1.05. The molecule has 7 nitrogen and oxygen atoms in total. The van der Waals surface area contributed by atoms with Gasteiger partial charge in [-0.25, -0.2) is 9.59 Å². The van der Waals surface area contributed by atoms with Gasteiger partial charge in [0.2, 0.25) is 0 Å². The Morgan fingerprint density at radius 3 is 2.89 bits per heavy atom. The Morgan fingerprint density at radius 2 is 2.28 bits per heavy atom. The summed E-state index contributed by atoms with van der Waals surface area (Å²) in [6.07, 6.45) is -0.807. The molecule has 0 saturated carbocycles. The number of morpholine rings is 1. The van der Waals surface area contributed by atoms with Gasteiger partial charge in [-0.1, -0.05) is 0 Å². The van der Waals surface area contributed by atoms with Crippen molar-refractivity contribution >= 4 is 12.0 Å². The molecular weight excluding hydrogens is 240 g/mol. The van der Waals surface area contributed by atoms with Crippen LogP contribution in [0.15, 0.2) is 0 Å². The van der Waals surface area contributed by atoms with Crippen LogP contribution >= 0.6 is 0 Å². The van der Waals surface area contributed by atoms with Gasteiger partial charge >= 0.3 is 12.0 Å². The molecule has 1 fully saturated rings. The zero-order valence-electron chi connectivity index (χ0n) is 10.7. The summed E-state index contributed by atoms with van der Waals surface area (Å²) >= 11 is 0. The number of rotatable bonds is 5. The molecule has 18 heavy (non-hydrogen) atoms. The van der Waals surface area contributed by atoms with Crippen molar-refractivity contribution in [1.29, 1.82) is 0 Å². The van der Waals surface area contributed by atoms with Gasteiger partial charge in [0.15, 0.2) is 6.10 Å². The number of carboxylic acids is 1. The molecular formula is C11H20N2O5. The minimum Gasteiger partial charge on any atom is -0.479 e. The second kappa shape index (κ2) is 7.17. The molecule has 1 aliphatic heterocycles. The molecule has 1 rings (SSSR count). The van der Waals surface area contributed by atoms with Crippen molar-refractivity contribution in [3.05, 3.63) is 0 Å². The average Bonchev–Trinajstić information content (AvgIpc) is 2.34. The first-order valence-corrected chi connectivity index (χ1v) is 5.99. The number of ether oxygens (including phenoxy) is 2. The quantitative estimate of drug-likeness (QED) is 0.674. The summed E-state index contributed by atoms with van der Waals surface area (Å²) in [4.78, 5) is 23.9. The van der Waals surface area contributed by atoms with Gasteiger partial charge in [-0.3, -0.25) is 0 Å². The standard InChI is InChI=1S/C11H20N2O5/c1-8(2)17-5-3-12-11(16)13-4-6-18-9(7-13)10(14)15/h8-9H,3-7H2,1-2H3,(H,12,16)(H,14,15). The van der Waals surface area contributed by atoms with Crippen LogP contribution in [0, 0.1) is 0 Å². The van der Waals surface area contributed by atoms with E-state index in [0.717, 1.165) is 0 Å². The molecule has 0 bridgehead atoms. The van der Waals surface area contributed by atoms with Crippen LogP contribution in [0.3, 0.4) is 0 Å². The summed E-state index contributed by atoms with van der Waals surface area (Å²) in [7, 11) is 0. The van der Waals surface area contributed by atoms with E-state index >= 15 is 0 Å². The first-order valence-electron chi connectivity index (χ1n) is 5.99. The number of hydrogen-bond acceptors (Lipinski definition) is 4. The molecule has 1 aliphatic rings. The number of amides is 2. The van der Waals surface area contributed by atoms with E-state index in [1.165, 1.54) is 4.90 Å². The van der Waals surface area contributed by atoms with E-state index in [9.17, 15) is 9.59 Å². The number of carboxylic acid groups (broad SMARTS) is 1. The van der Waals surface area contributed by atoms with Gasteiger partial charge < -0.3 is 24.8 Å². The van der Waals surface area contributed by atoms with Crippen LogP contribution in [0.1, 0.15) is 13.8 Å². The van der Waals surface area contributed by atoms with Gasteiger partial charge in [-0.2, -0.15) is 0 Å². The Morgan fingerprint density at radius 1 is 1.56 bits per heavy atom. The van der Waals surface area contributed by atoms with E-state index in [4.69, 9.17) is 14.6 Å². The monoisotopic (exact) mass is 260 g/mol. The van der Waals surface area contributed by atoms with Gasteiger partial charge in [0.05, 0.1) is 25.9 Å². The molecule has 0 radical (unpaired) electrons. The maximum absolute atomic E-state index is 11.7. The van der Waals surface area contributed by atoms with Crippen LogP contribution < -0.4 is 5.32 Å². The summed E-state index contributed by atoms with van der Waals surface area (Å²) < 4.78 is 10.3. The van der Waals surface area contributed by atoms with E-state index in [1.807, 2.05) is 13.8 Å². The molecule has 2 N–H and O–H groups in total. The van der Waals surface area contributed by atoms with E-state index in [0.29, 0.717) is 19.7 Å². The first kappa shape index (κ1) is 14.7. The lowest BCUT2D eigenvalue weighted by Crippen LogP contribution is -2.52. The lowest BCUT2D eigenvalue weighted by Gasteiger charge is -2.30. The third-order valence-electron chi connectivity index (χ3n) is 2.46. The number of nitrogens with zero attached hydrogens (tertiary/aromatic N) is 1.